The highest BCUT2D eigenvalue weighted by Crippen LogP contribution is 2.56. The van der Waals surface area contributed by atoms with Crippen molar-refractivity contribution in [3.05, 3.63) is 271 Å². The van der Waals surface area contributed by atoms with E-state index in [1.54, 1.807) is 0 Å². The maximum absolute atomic E-state index is 2.42. The molecule has 0 aliphatic heterocycles. The Balaban J connectivity index is 0.978. The number of benzene rings is 10. The van der Waals surface area contributed by atoms with E-state index in [0.29, 0.717) is 0 Å². The van der Waals surface area contributed by atoms with Crippen LogP contribution in [0.25, 0.3) is 64.7 Å². The van der Waals surface area contributed by atoms with Crippen LogP contribution in [-0.2, 0) is 5.41 Å². The summed E-state index contributed by atoms with van der Waals surface area (Å²) >= 11 is 1.86. The molecule has 0 radical (unpaired) electrons. The fraction of sp³-hybridized carbons (Fsp3) is 0.0164. The lowest BCUT2D eigenvalue weighted by Crippen LogP contribution is -2.28. The van der Waals surface area contributed by atoms with Gasteiger partial charge < -0.3 is 4.90 Å². The molecule has 0 amide bonds. The molecule has 10 aromatic carbocycles. The Labute approximate surface area is 372 Å². The van der Waals surface area contributed by atoms with Gasteiger partial charge in [0.25, 0.3) is 0 Å². The van der Waals surface area contributed by atoms with Crippen LogP contribution in [0, 0.1) is 0 Å². The molecule has 0 N–H and O–H groups in total. The van der Waals surface area contributed by atoms with Crippen LogP contribution in [0.2, 0.25) is 0 Å². The van der Waals surface area contributed by atoms with Gasteiger partial charge in [-0.15, -0.1) is 11.3 Å². The summed E-state index contributed by atoms with van der Waals surface area (Å²) in [6.45, 7) is 0. The van der Waals surface area contributed by atoms with E-state index < -0.39 is 5.41 Å². The molecular formula is C61H41NS. The molecule has 11 aromatic rings. The van der Waals surface area contributed by atoms with Gasteiger partial charge >= 0.3 is 0 Å². The molecule has 2 heteroatoms. The second kappa shape index (κ2) is 15.3. The van der Waals surface area contributed by atoms with Crippen molar-refractivity contribution in [1.82, 2.24) is 0 Å². The normalized spacial score (nSPS) is 12.6. The van der Waals surface area contributed by atoms with Crippen LogP contribution in [-0.4, -0.2) is 0 Å². The van der Waals surface area contributed by atoms with E-state index in [-0.39, 0.29) is 0 Å². The van der Waals surface area contributed by atoms with E-state index in [2.05, 4.69) is 254 Å². The van der Waals surface area contributed by atoms with E-state index in [1.807, 2.05) is 11.3 Å². The quantitative estimate of drug-likeness (QED) is 0.148. The van der Waals surface area contributed by atoms with E-state index in [9.17, 15) is 0 Å². The third-order valence-electron chi connectivity index (χ3n) is 12.9. The topological polar surface area (TPSA) is 3.24 Å². The molecule has 0 unspecified atom stereocenters. The molecule has 1 aliphatic carbocycles. The highest BCUT2D eigenvalue weighted by molar-refractivity contribution is 7.25. The predicted octanol–water partition coefficient (Wildman–Crippen LogP) is 16.9. The fourth-order valence-electron chi connectivity index (χ4n) is 10.1. The average molecular weight is 820 g/mol. The zero-order chi connectivity index (χ0) is 41.7. The molecule has 0 saturated heterocycles. The minimum atomic E-state index is -0.426. The zero-order valence-electron chi connectivity index (χ0n) is 34.5. The first-order valence-electron chi connectivity index (χ1n) is 21.7. The van der Waals surface area contributed by atoms with Gasteiger partial charge in [-0.25, -0.2) is 0 Å². The van der Waals surface area contributed by atoms with Crippen molar-refractivity contribution in [2.24, 2.45) is 0 Å². The second-order valence-electron chi connectivity index (χ2n) is 16.4. The standard InChI is InChI=1S/C61H41NS/c1-4-16-42(17-5-1)44-18-14-24-51(38-44)62(50-34-30-43(31-35-50)46-33-37-60-56(41-46)54-27-11-13-29-59(54)63-60)52-25-15-19-45(39-52)47-32-36-58-55(40-47)53-26-10-12-28-57(53)61(58,48-20-6-2-7-21-48)49-22-8-3-9-23-49/h1-41H. The summed E-state index contributed by atoms with van der Waals surface area (Å²) in [5.74, 6) is 0. The van der Waals surface area contributed by atoms with E-state index in [1.165, 1.54) is 86.9 Å². The molecule has 296 valence electrons. The third-order valence-corrected chi connectivity index (χ3v) is 14.1. The summed E-state index contributed by atoms with van der Waals surface area (Å²) in [4.78, 5) is 2.40. The van der Waals surface area contributed by atoms with Crippen LogP contribution < -0.4 is 4.90 Å². The molecule has 0 fully saturated rings. The minimum absolute atomic E-state index is 0.426. The van der Waals surface area contributed by atoms with Gasteiger partial charge in [0.15, 0.2) is 0 Å². The number of nitrogens with zero attached hydrogens (tertiary/aromatic N) is 1. The Hall–Kier alpha value is -7.78. The van der Waals surface area contributed by atoms with Crippen molar-refractivity contribution >= 4 is 48.6 Å². The van der Waals surface area contributed by atoms with Crippen molar-refractivity contribution in [2.75, 3.05) is 4.90 Å². The van der Waals surface area contributed by atoms with Gasteiger partial charge in [0.05, 0.1) is 5.41 Å². The van der Waals surface area contributed by atoms with Gasteiger partial charge in [0.2, 0.25) is 0 Å². The van der Waals surface area contributed by atoms with Crippen LogP contribution in [0.15, 0.2) is 249 Å². The molecule has 0 atom stereocenters. The highest BCUT2D eigenvalue weighted by atomic mass is 32.1. The molecule has 63 heavy (non-hydrogen) atoms. The van der Waals surface area contributed by atoms with Crippen LogP contribution in [0.1, 0.15) is 22.3 Å². The van der Waals surface area contributed by atoms with Crippen molar-refractivity contribution < 1.29 is 0 Å². The van der Waals surface area contributed by atoms with Gasteiger partial charge in [0.1, 0.15) is 0 Å². The van der Waals surface area contributed by atoms with Crippen molar-refractivity contribution in [2.45, 2.75) is 5.41 Å². The predicted molar refractivity (Wildman–Crippen MR) is 268 cm³/mol. The monoisotopic (exact) mass is 819 g/mol. The molecule has 0 spiro atoms. The molecule has 1 aliphatic rings. The lowest BCUT2D eigenvalue weighted by molar-refractivity contribution is 0.768. The van der Waals surface area contributed by atoms with Crippen LogP contribution >= 0.6 is 11.3 Å². The second-order valence-corrected chi connectivity index (χ2v) is 17.5. The largest absolute Gasteiger partial charge is 0.310 e. The molecule has 0 saturated carbocycles. The smallest absolute Gasteiger partial charge is 0.0713 e. The number of fused-ring (bicyclic) bond motifs is 6. The Morgan fingerprint density at radius 1 is 0.286 bits per heavy atom. The minimum Gasteiger partial charge on any atom is -0.310 e. The first kappa shape index (κ1) is 37.0. The zero-order valence-corrected chi connectivity index (χ0v) is 35.3. The van der Waals surface area contributed by atoms with Crippen molar-refractivity contribution in [3.63, 3.8) is 0 Å². The van der Waals surface area contributed by atoms with Crippen molar-refractivity contribution in [1.29, 1.82) is 0 Å². The van der Waals surface area contributed by atoms with E-state index >= 15 is 0 Å². The summed E-state index contributed by atoms with van der Waals surface area (Å²) in [6, 6.07) is 91.5. The summed E-state index contributed by atoms with van der Waals surface area (Å²) < 4.78 is 2.65. The number of thiophene rings is 1. The highest BCUT2D eigenvalue weighted by Gasteiger charge is 2.46. The lowest BCUT2D eigenvalue weighted by Gasteiger charge is -2.33. The Morgan fingerprint density at radius 3 is 1.49 bits per heavy atom. The maximum atomic E-state index is 2.42. The molecule has 12 rings (SSSR count). The lowest BCUT2D eigenvalue weighted by atomic mass is 9.67. The summed E-state index contributed by atoms with van der Waals surface area (Å²) in [6.07, 6.45) is 0. The summed E-state index contributed by atoms with van der Waals surface area (Å²) in [5.41, 5.74) is 17.8. The molecule has 1 nitrogen and oxygen atoms in total. The number of hydrogen-bond donors (Lipinski definition) is 0. The first-order chi connectivity index (χ1) is 31.2. The van der Waals surface area contributed by atoms with Crippen LogP contribution in [0.3, 0.4) is 0 Å². The number of rotatable bonds is 8. The SMILES string of the molecule is c1ccc(-c2cccc(N(c3ccc(-c4ccc5sc6ccccc6c5c4)cc3)c3cccc(-c4ccc5c(c4)-c4ccccc4C5(c4ccccc4)c4ccccc4)c3)c2)cc1. The number of anilines is 3. The van der Waals surface area contributed by atoms with Gasteiger partial charge in [0, 0.05) is 37.2 Å². The molecule has 0 bridgehead atoms. The summed E-state index contributed by atoms with van der Waals surface area (Å²) in [5, 5.41) is 2.63. The molecule has 1 aromatic heterocycles. The van der Waals surface area contributed by atoms with E-state index in [4.69, 9.17) is 0 Å². The Bertz CT molecular complexity index is 3400. The number of hydrogen-bond acceptors (Lipinski definition) is 2. The van der Waals surface area contributed by atoms with Gasteiger partial charge in [-0.2, -0.15) is 0 Å². The summed E-state index contributed by atoms with van der Waals surface area (Å²) in [7, 11) is 0. The van der Waals surface area contributed by atoms with E-state index in [0.717, 1.165) is 17.1 Å². The average Bonchev–Trinajstić information content (AvgIpc) is 3.88. The van der Waals surface area contributed by atoms with Crippen LogP contribution in [0.5, 0.6) is 0 Å². The molecular weight excluding hydrogens is 779 g/mol. The van der Waals surface area contributed by atoms with Gasteiger partial charge in [-0.1, -0.05) is 188 Å². The third kappa shape index (κ3) is 6.22. The van der Waals surface area contributed by atoms with Crippen molar-refractivity contribution in [3.8, 4) is 44.5 Å². The van der Waals surface area contributed by atoms with Crippen LogP contribution in [0.4, 0.5) is 17.1 Å². The first-order valence-corrected chi connectivity index (χ1v) is 22.5. The maximum Gasteiger partial charge on any atom is 0.0713 e. The van der Waals surface area contributed by atoms with Gasteiger partial charge in [-0.3, -0.25) is 0 Å². The van der Waals surface area contributed by atoms with Gasteiger partial charge in [-0.05, 0) is 127 Å². The fourth-order valence-corrected chi connectivity index (χ4v) is 11.2. The Kier molecular flexibility index (Phi) is 8.98. The Morgan fingerprint density at radius 2 is 0.778 bits per heavy atom. The molecule has 1 heterocycles.